The van der Waals surface area contributed by atoms with Gasteiger partial charge in [-0.3, -0.25) is 9.59 Å². The van der Waals surface area contributed by atoms with Crippen molar-refractivity contribution in [2.45, 2.75) is 18.9 Å². The zero-order valence-corrected chi connectivity index (χ0v) is 16.0. The molecule has 1 fully saturated rings. The van der Waals surface area contributed by atoms with Crippen LogP contribution in [0.1, 0.15) is 30.0 Å². The molecule has 0 saturated carbocycles. The van der Waals surface area contributed by atoms with Crippen molar-refractivity contribution in [3.05, 3.63) is 76.8 Å². The molecule has 0 bridgehead atoms. The molecule has 2 aliphatic rings. The molecule has 1 atom stereocenters. The average Bonchev–Trinajstić information content (AvgIpc) is 3.30. The summed E-state index contributed by atoms with van der Waals surface area (Å²) < 4.78 is 1.65. The van der Waals surface area contributed by atoms with Gasteiger partial charge >= 0.3 is 0 Å². The fraction of sp³-hybridized carbons (Fsp3) is 0.143. The largest absolute Gasteiger partial charge is 0.324 e. The lowest BCUT2D eigenvalue weighted by Gasteiger charge is -2.24. The van der Waals surface area contributed by atoms with Crippen LogP contribution >= 0.6 is 11.6 Å². The van der Waals surface area contributed by atoms with E-state index in [-0.39, 0.29) is 36.6 Å². The number of hydrogen-bond acceptors (Lipinski definition) is 5. The molecule has 3 aromatic rings. The van der Waals surface area contributed by atoms with Crippen LogP contribution in [0.4, 0.5) is 11.9 Å². The Labute approximate surface area is 171 Å². The molecular formula is C21H16ClN5O2. The number of nitrogens with one attached hydrogen (secondary N) is 1. The van der Waals surface area contributed by atoms with Gasteiger partial charge in [-0.2, -0.15) is 4.98 Å². The minimum Gasteiger partial charge on any atom is -0.324 e. The van der Waals surface area contributed by atoms with E-state index >= 15 is 0 Å². The van der Waals surface area contributed by atoms with E-state index in [0.717, 1.165) is 21.7 Å². The molecule has 8 heteroatoms. The molecule has 29 heavy (non-hydrogen) atoms. The Kier molecular flexibility index (Phi) is 4.17. The van der Waals surface area contributed by atoms with E-state index in [0.29, 0.717) is 11.0 Å². The lowest BCUT2D eigenvalue weighted by Crippen LogP contribution is -2.29. The molecule has 5 rings (SSSR count). The maximum Gasteiger partial charge on any atom is 0.260 e. The number of nitrogens with zero attached hydrogens (tertiary/aromatic N) is 4. The van der Waals surface area contributed by atoms with Gasteiger partial charge in [0, 0.05) is 23.6 Å². The number of rotatable bonds is 3. The smallest absolute Gasteiger partial charge is 0.260 e. The minimum atomic E-state index is -0.343. The third kappa shape index (κ3) is 3.00. The van der Waals surface area contributed by atoms with Crippen LogP contribution in [0.5, 0.6) is 0 Å². The Morgan fingerprint density at radius 2 is 1.66 bits per heavy atom. The van der Waals surface area contributed by atoms with Gasteiger partial charge in [-0.25, -0.2) is 9.58 Å². The Hall–Kier alpha value is -3.45. The molecular weight excluding hydrogens is 390 g/mol. The SMILES string of the molecule is O=C1CCC(=O)N1c1nc2n(n1)[C@H](c1ccccc1Cl)C=C(c1ccccc1)N2. The van der Waals surface area contributed by atoms with Crippen molar-refractivity contribution in [1.82, 2.24) is 14.8 Å². The summed E-state index contributed by atoms with van der Waals surface area (Å²) in [4.78, 5) is 29.8. The molecule has 144 valence electrons. The Balaban J connectivity index is 1.64. The van der Waals surface area contributed by atoms with Gasteiger partial charge in [0.15, 0.2) is 0 Å². The number of fused-ring (bicyclic) bond motifs is 1. The number of anilines is 2. The summed E-state index contributed by atoms with van der Waals surface area (Å²) in [6.45, 7) is 0. The van der Waals surface area contributed by atoms with Crippen LogP contribution in [0.2, 0.25) is 5.02 Å². The van der Waals surface area contributed by atoms with Crippen LogP contribution < -0.4 is 10.2 Å². The van der Waals surface area contributed by atoms with E-state index in [4.69, 9.17) is 11.6 Å². The normalized spacial score (nSPS) is 18.4. The summed E-state index contributed by atoms with van der Waals surface area (Å²) in [5.74, 6) is -0.0505. The van der Waals surface area contributed by atoms with Crippen LogP contribution in [0, 0.1) is 0 Å². The van der Waals surface area contributed by atoms with Gasteiger partial charge in [0.25, 0.3) is 5.95 Å². The molecule has 7 nitrogen and oxygen atoms in total. The first-order chi connectivity index (χ1) is 14.1. The van der Waals surface area contributed by atoms with Crippen molar-refractivity contribution in [2.24, 2.45) is 0 Å². The monoisotopic (exact) mass is 405 g/mol. The molecule has 2 aliphatic heterocycles. The van der Waals surface area contributed by atoms with Crippen molar-refractivity contribution in [2.75, 3.05) is 10.2 Å². The number of imide groups is 1. The second kappa shape index (κ2) is 6.86. The maximum absolute atomic E-state index is 12.2. The number of amides is 2. The number of benzene rings is 2. The highest BCUT2D eigenvalue weighted by Gasteiger charge is 2.35. The summed E-state index contributed by atoms with van der Waals surface area (Å²) in [6, 6.07) is 17.0. The molecule has 0 spiro atoms. The quantitative estimate of drug-likeness (QED) is 0.673. The molecule has 1 N–H and O–H groups in total. The van der Waals surface area contributed by atoms with Crippen LogP contribution in [0.25, 0.3) is 5.70 Å². The number of halogens is 1. The van der Waals surface area contributed by atoms with Crippen molar-refractivity contribution in [3.8, 4) is 0 Å². The third-order valence-corrected chi connectivity index (χ3v) is 5.36. The zero-order chi connectivity index (χ0) is 20.0. The van der Waals surface area contributed by atoms with E-state index in [1.807, 2.05) is 60.7 Å². The van der Waals surface area contributed by atoms with Crippen molar-refractivity contribution in [1.29, 1.82) is 0 Å². The highest BCUT2D eigenvalue weighted by molar-refractivity contribution is 6.31. The van der Waals surface area contributed by atoms with Crippen LogP contribution in [-0.2, 0) is 9.59 Å². The van der Waals surface area contributed by atoms with Gasteiger partial charge in [0.2, 0.25) is 17.8 Å². The van der Waals surface area contributed by atoms with Gasteiger partial charge in [-0.15, -0.1) is 5.10 Å². The summed E-state index contributed by atoms with van der Waals surface area (Å²) in [7, 11) is 0. The van der Waals surface area contributed by atoms with Gasteiger partial charge in [0.1, 0.15) is 6.04 Å². The lowest BCUT2D eigenvalue weighted by molar-refractivity contribution is -0.121. The summed E-state index contributed by atoms with van der Waals surface area (Å²) in [5, 5.41) is 8.35. The van der Waals surface area contributed by atoms with Crippen LogP contribution in [-0.4, -0.2) is 26.6 Å². The average molecular weight is 406 g/mol. The van der Waals surface area contributed by atoms with E-state index in [1.54, 1.807) is 4.68 Å². The lowest BCUT2D eigenvalue weighted by atomic mass is 10.0. The van der Waals surface area contributed by atoms with Crippen molar-refractivity contribution < 1.29 is 9.59 Å². The molecule has 1 saturated heterocycles. The fourth-order valence-electron chi connectivity index (χ4n) is 3.60. The summed E-state index contributed by atoms with van der Waals surface area (Å²) >= 11 is 6.47. The highest BCUT2D eigenvalue weighted by Crippen LogP contribution is 2.36. The first-order valence-electron chi connectivity index (χ1n) is 9.23. The van der Waals surface area contributed by atoms with Gasteiger partial charge in [-0.05, 0) is 23.3 Å². The zero-order valence-electron chi connectivity index (χ0n) is 15.2. The van der Waals surface area contributed by atoms with E-state index in [1.165, 1.54) is 0 Å². The molecule has 0 radical (unpaired) electrons. The van der Waals surface area contributed by atoms with E-state index in [2.05, 4.69) is 15.4 Å². The van der Waals surface area contributed by atoms with Gasteiger partial charge in [0.05, 0.1) is 0 Å². The van der Waals surface area contributed by atoms with Crippen molar-refractivity contribution in [3.63, 3.8) is 0 Å². The topological polar surface area (TPSA) is 80.1 Å². The van der Waals surface area contributed by atoms with Gasteiger partial charge in [-0.1, -0.05) is 60.1 Å². The van der Waals surface area contributed by atoms with E-state index < -0.39 is 0 Å². The second-order valence-corrected chi connectivity index (χ2v) is 7.25. The van der Waals surface area contributed by atoms with Gasteiger partial charge < -0.3 is 5.32 Å². The number of hydrogen-bond donors (Lipinski definition) is 1. The molecule has 2 amide bonds. The Bertz CT molecular complexity index is 1140. The predicted molar refractivity (Wildman–Crippen MR) is 109 cm³/mol. The third-order valence-electron chi connectivity index (χ3n) is 5.01. The molecule has 3 heterocycles. The molecule has 0 aliphatic carbocycles. The summed E-state index contributed by atoms with van der Waals surface area (Å²) in [5.41, 5.74) is 2.68. The van der Waals surface area contributed by atoms with Crippen LogP contribution in [0.3, 0.4) is 0 Å². The second-order valence-electron chi connectivity index (χ2n) is 6.84. The van der Waals surface area contributed by atoms with Crippen molar-refractivity contribution >= 4 is 41.0 Å². The minimum absolute atomic E-state index is 0.0831. The Morgan fingerprint density at radius 3 is 2.38 bits per heavy atom. The number of aromatic nitrogens is 3. The fourth-order valence-corrected chi connectivity index (χ4v) is 3.85. The molecule has 2 aromatic carbocycles. The molecule has 1 aromatic heterocycles. The number of carbonyl (C=O) groups excluding carboxylic acids is 2. The maximum atomic E-state index is 12.2. The Morgan fingerprint density at radius 1 is 0.966 bits per heavy atom. The standard InChI is InChI=1S/C21H16ClN5O2/c22-15-9-5-4-8-14(15)17-12-16(13-6-2-1-3-7-13)23-20-24-21(25-27(17)20)26-18(28)10-11-19(26)29/h1-9,12,17H,10-11H2,(H,23,24,25)/t17-/m0/s1. The number of carbonyl (C=O) groups is 2. The van der Waals surface area contributed by atoms with Crippen LogP contribution in [0.15, 0.2) is 60.7 Å². The first-order valence-corrected chi connectivity index (χ1v) is 9.60. The predicted octanol–water partition coefficient (Wildman–Crippen LogP) is 3.64. The number of allylic oxidation sites excluding steroid dienone is 1. The highest BCUT2D eigenvalue weighted by atomic mass is 35.5. The summed E-state index contributed by atoms with van der Waals surface area (Å²) in [6.07, 6.45) is 2.37. The van der Waals surface area contributed by atoms with E-state index in [9.17, 15) is 9.59 Å². The molecule has 0 unspecified atom stereocenters. The first kappa shape index (κ1) is 17.6.